The highest BCUT2D eigenvalue weighted by Gasteiger charge is 2.49. The molecule has 2 aliphatic rings. The second kappa shape index (κ2) is 11.4. The van der Waals surface area contributed by atoms with Crippen molar-refractivity contribution in [1.29, 1.82) is 0 Å². The van der Waals surface area contributed by atoms with Gasteiger partial charge in [0.2, 0.25) is 12.4 Å². The Morgan fingerprint density at radius 1 is 1.05 bits per heavy atom. The molecule has 214 valence electrons. The molecule has 1 saturated heterocycles. The van der Waals surface area contributed by atoms with Crippen molar-refractivity contribution in [3.8, 4) is 28.5 Å². The molecule has 0 saturated carbocycles. The fraction of sp³-hybridized carbons (Fsp3) is 0.483. The average molecular weight is 554 g/mol. The number of aliphatic hydroxyl groups excluding tert-OH is 1. The second-order valence-corrected chi connectivity index (χ2v) is 9.98. The van der Waals surface area contributed by atoms with Gasteiger partial charge in [0.05, 0.1) is 23.6 Å². The molecule has 11 heteroatoms. The first-order valence-corrected chi connectivity index (χ1v) is 13.6. The molecule has 3 heterocycles. The lowest BCUT2D eigenvalue weighted by Gasteiger charge is -2.42. The Morgan fingerprint density at radius 3 is 2.45 bits per heavy atom. The molecule has 1 N–H and O–H groups in total. The number of carbonyl (C=O) groups excluding carboxylic acids is 2. The van der Waals surface area contributed by atoms with E-state index in [1.54, 1.807) is 13.0 Å². The molecule has 5 rings (SSSR count). The maximum Gasteiger partial charge on any atom is 0.303 e. The van der Waals surface area contributed by atoms with E-state index in [2.05, 4.69) is 18.7 Å². The molecular formula is C29H35N3O8. The van der Waals surface area contributed by atoms with Crippen molar-refractivity contribution < 1.29 is 38.4 Å². The van der Waals surface area contributed by atoms with E-state index < -0.39 is 42.6 Å². The number of hydrogen-bond donors (Lipinski definition) is 1. The molecule has 2 aromatic carbocycles. The van der Waals surface area contributed by atoms with Crippen LogP contribution in [-0.2, 0) is 30.3 Å². The number of nitrogens with zero attached hydrogens (tertiary/aromatic N) is 3. The third-order valence-corrected chi connectivity index (χ3v) is 7.29. The van der Waals surface area contributed by atoms with Gasteiger partial charge in [0.1, 0.15) is 29.0 Å². The zero-order valence-corrected chi connectivity index (χ0v) is 23.3. The summed E-state index contributed by atoms with van der Waals surface area (Å²) in [6, 6.07) is 11.3. The number of carbonyl (C=O) groups is 2. The summed E-state index contributed by atoms with van der Waals surface area (Å²) in [4.78, 5) is 26.1. The van der Waals surface area contributed by atoms with Crippen LogP contribution in [0.5, 0.6) is 17.2 Å². The van der Waals surface area contributed by atoms with Crippen LogP contribution >= 0.6 is 0 Å². The normalized spacial score (nSPS) is 23.4. The Morgan fingerprint density at radius 2 is 1.75 bits per heavy atom. The van der Waals surface area contributed by atoms with Gasteiger partial charge in [-0.25, -0.2) is 0 Å². The molecule has 0 amide bonds. The molecule has 0 radical (unpaired) electrons. The maximum absolute atomic E-state index is 12.0. The van der Waals surface area contributed by atoms with E-state index in [4.69, 9.17) is 28.8 Å². The number of ether oxygens (including phenoxy) is 5. The van der Waals surface area contributed by atoms with Crippen LogP contribution in [0.2, 0.25) is 0 Å². The number of likely N-dealkylation sites (N-methyl/N-ethyl adjacent to an activating group) is 1. The molecule has 3 aromatic rings. The highest BCUT2D eigenvalue weighted by Crippen LogP contribution is 2.47. The van der Waals surface area contributed by atoms with Gasteiger partial charge in [-0.1, -0.05) is 26.0 Å². The smallest absolute Gasteiger partial charge is 0.303 e. The summed E-state index contributed by atoms with van der Waals surface area (Å²) in [6.45, 7) is 11.6. The number of para-hydroxylation sites is 1. The van der Waals surface area contributed by atoms with Crippen molar-refractivity contribution in [3.63, 3.8) is 0 Å². The predicted octanol–water partition coefficient (Wildman–Crippen LogP) is 3.50. The first-order chi connectivity index (χ1) is 19.2. The molecule has 0 unspecified atom stereocenters. The summed E-state index contributed by atoms with van der Waals surface area (Å²) in [5.41, 5.74) is 2.55. The molecule has 1 aromatic heterocycles. The SMILES string of the molecule is CCN(CC)CCn1nc2c3c(cc(O[C@@H]4O[C@@H](C)[C@H](O)[C@@H](OC(C)=O)[C@H]4OC(C)=O)cc31)Oc1ccccc1-2. The lowest BCUT2D eigenvalue weighted by molar-refractivity contribution is -0.277. The molecule has 11 nitrogen and oxygen atoms in total. The topological polar surface area (TPSA) is 122 Å². The molecule has 0 spiro atoms. The lowest BCUT2D eigenvalue weighted by atomic mass is 9.99. The molecule has 5 atom stereocenters. The van der Waals surface area contributed by atoms with Gasteiger partial charge in [0.25, 0.3) is 0 Å². The van der Waals surface area contributed by atoms with Crippen LogP contribution in [-0.4, -0.2) is 82.1 Å². The quantitative estimate of drug-likeness (QED) is 0.308. The average Bonchev–Trinajstić information content (AvgIpc) is 3.28. The minimum Gasteiger partial charge on any atom is -0.460 e. The number of esters is 2. The third-order valence-electron chi connectivity index (χ3n) is 7.29. The van der Waals surface area contributed by atoms with Gasteiger partial charge in [0, 0.05) is 38.1 Å². The molecule has 0 aliphatic carbocycles. The Hall–Kier alpha value is -3.67. The monoisotopic (exact) mass is 553 g/mol. The van der Waals surface area contributed by atoms with E-state index in [1.165, 1.54) is 13.8 Å². The highest BCUT2D eigenvalue weighted by atomic mass is 16.7. The fourth-order valence-corrected chi connectivity index (χ4v) is 5.25. The van der Waals surface area contributed by atoms with Crippen LogP contribution in [0.25, 0.3) is 22.2 Å². The molecule has 0 bridgehead atoms. The number of benzene rings is 2. The molecule has 2 aliphatic heterocycles. The van der Waals surface area contributed by atoms with E-state index in [1.807, 2.05) is 35.0 Å². The van der Waals surface area contributed by atoms with Gasteiger partial charge in [-0.2, -0.15) is 5.10 Å². The zero-order chi connectivity index (χ0) is 28.6. The van der Waals surface area contributed by atoms with Gasteiger partial charge >= 0.3 is 11.9 Å². The molecule has 1 fully saturated rings. The van der Waals surface area contributed by atoms with Gasteiger partial charge in [-0.3, -0.25) is 14.3 Å². The summed E-state index contributed by atoms with van der Waals surface area (Å²) in [7, 11) is 0. The van der Waals surface area contributed by atoms with Gasteiger partial charge in [-0.15, -0.1) is 0 Å². The Labute approximate surface area is 232 Å². The first-order valence-electron chi connectivity index (χ1n) is 13.6. The van der Waals surface area contributed by atoms with Crippen LogP contribution in [0, 0.1) is 0 Å². The zero-order valence-electron chi connectivity index (χ0n) is 23.3. The van der Waals surface area contributed by atoms with Crippen molar-refractivity contribution >= 4 is 22.8 Å². The Balaban J connectivity index is 1.55. The van der Waals surface area contributed by atoms with Crippen LogP contribution < -0.4 is 9.47 Å². The van der Waals surface area contributed by atoms with Crippen molar-refractivity contribution in [3.05, 3.63) is 36.4 Å². The first kappa shape index (κ1) is 27.9. The summed E-state index contributed by atoms with van der Waals surface area (Å²) in [6.07, 6.45) is -5.53. The number of aliphatic hydroxyl groups is 1. The number of hydrogen-bond acceptors (Lipinski definition) is 10. The van der Waals surface area contributed by atoms with Gasteiger partial charge in [-0.05, 0) is 32.1 Å². The largest absolute Gasteiger partial charge is 0.460 e. The van der Waals surface area contributed by atoms with Crippen molar-refractivity contribution in [2.45, 2.75) is 71.9 Å². The summed E-state index contributed by atoms with van der Waals surface area (Å²) in [5, 5.41) is 16.5. The fourth-order valence-electron chi connectivity index (χ4n) is 5.25. The van der Waals surface area contributed by atoms with E-state index in [0.717, 1.165) is 41.8 Å². The number of rotatable bonds is 9. The van der Waals surface area contributed by atoms with E-state index in [0.29, 0.717) is 23.8 Å². The van der Waals surface area contributed by atoms with Crippen LogP contribution in [0.4, 0.5) is 0 Å². The van der Waals surface area contributed by atoms with Crippen molar-refractivity contribution in [2.75, 3.05) is 19.6 Å². The standard InChI is InChI=1S/C29H35N3O8/c1-6-31(7-2)12-13-32-21-14-19(15-23-24(21)25(30-32)20-10-8-9-11-22(20)40-23)39-29-28(38-18(5)34)27(37-17(4)33)26(35)16(3)36-29/h8-11,14-16,26-29,35H,6-7,12-13H2,1-5H3/t16-,26-,27+,28+,29-/m0/s1. The van der Waals surface area contributed by atoms with Crippen LogP contribution in [0.1, 0.15) is 34.6 Å². The molecular weight excluding hydrogens is 518 g/mol. The minimum absolute atomic E-state index is 0.379. The third kappa shape index (κ3) is 5.36. The van der Waals surface area contributed by atoms with E-state index in [-0.39, 0.29) is 0 Å². The van der Waals surface area contributed by atoms with Crippen LogP contribution in [0.15, 0.2) is 36.4 Å². The second-order valence-electron chi connectivity index (χ2n) is 9.98. The number of fused-ring (bicyclic) bond motifs is 2. The lowest BCUT2D eigenvalue weighted by Crippen LogP contribution is -2.60. The summed E-state index contributed by atoms with van der Waals surface area (Å²) >= 11 is 0. The van der Waals surface area contributed by atoms with Crippen molar-refractivity contribution in [1.82, 2.24) is 14.7 Å². The van der Waals surface area contributed by atoms with Gasteiger partial charge in [0.15, 0.2) is 6.10 Å². The maximum atomic E-state index is 12.0. The Bertz CT molecular complexity index is 1400. The number of aromatic nitrogens is 2. The minimum atomic E-state index is -1.22. The van der Waals surface area contributed by atoms with Gasteiger partial charge < -0.3 is 33.7 Å². The summed E-state index contributed by atoms with van der Waals surface area (Å²) in [5.74, 6) is 0.368. The Kier molecular flexibility index (Phi) is 7.97. The van der Waals surface area contributed by atoms with E-state index in [9.17, 15) is 14.7 Å². The summed E-state index contributed by atoms with van der Waals surface area (Å²) < 4.78 is 31.2. The van der Waals surface area contributed by atoms with E-state index >= 15 is 0 Å². The van der Waals surface area contributed by atoms with Crippen molar-refractivity contribution in [2.24, 2.45) is 0 Å². The molecule has 40 heavy (non-hydrogen) atoms. The van der Waals surface area contributed by atoms with Crippen LogP contribution in [0.3, 0.4) is 0 Å². The predicted molar refractivity (Wildman–Crippen MR) is 145 cm³/mol. The highest BCUT2D eigenvalue weighted by molar-refractivity contribution is 6.02.